The van der Waals surface area contributed by atoms with Crippen molar-refractivity contribution in [3.8, 4) is 0 Å². The average Bonchev–Trinajstić information content (AvgIpc) is 2.43. The predicted octanol–water partition coefficient (Wildman–Crippen LogP) is 1.58. The van der Waals surface area contributed by atoms with Crippen molar-refractivity contribution in [1.82, 2.24) is 9.62 Å². The molecule has 1 heterocycles. The molecule has 0 amide bonds. The Morgan fingerprint density at radius 1 is 1.27 bits per heavy atom. The molecule has 2 atom stereocenters. The summed E-state index contributed by atoms with van der Waals surface area (Å²) in [5, 5.41) is 14.6. The number of sulfonamides is 1. The molecule has 0 saturated carbocycles. The van der Waals surface area contributed by atoms with E-state index >= 15 is 0 Å². The fourth-order valence-corrected chi connectivity index (χ4v) is 4.95. The largest absolute Gasteiger partial charge is 0.311 e. The molecule has 8 heteroatoms. The molecule has 1 fully saturated rings. The minimum Gasteiger partial charge on any atom is -0.311 e. The lowest BCUT2D eigenvalue weighted by Gasteiger charge is -2.37. The molecule has 7 nitrogen and oxygen atoms in total. The van der Waals surface area contributed by atoms with Gasteiger partial charge in [-0.2, -0.15) is 4.31 Å². The summed E-state index contributed by atoms with van der Waals surface area (Å²) in [6.45, 7) is 7.70. The molecule has 1 N–H and O–H groups in total. The molecule has 0 bridgehead atoms. The number of nitro groups is 1. The van der Waals surface area contributed by atoms with Crippen molar-refractivity contribution >= 4 is 15.7 Å². The van der Waals surface area contributed by atoms with Gasteiger partial charge in [-0.3, -0.25) is 10.1 Å². The lowest BCUT2D eigenvalue weighted by Crippen LogP contribution is -2.57. The van der Waals surface area contributed by atoms with Crippen LogP contribution in [0.25, 0.3) is 0 Å². The number of piperazine rings is 1. The Labute approximate surface area is 130 Å². The molecular weight excluding hydrogens is 306 g/mol. The van der Waals surface area contributed by atoms with Crippen LogP contribution in [0.2, 0.25) is 0 Å². The van der Waals surface area contributed by atoms with Crippen molar-refractivity contribution in [2.24, 2.45) is 0 Å². The Morgan fingerprint density at radius 2 is 1.86 bits per heavy atom. The van der Waals surface area contributed by atoms with Gasteiger partial charge in [0.25, 0.3) is 15.7 Å². The van der Waals surface area contributed by atoms with Gasteiger partial charge in [0.2, 0.25) is 0 Å². The maximum Gasteiger partial charge on any atom is 0.292 e. The maximum atomic E-state index is 13.0. The summed E-state index contributed by atoms with van der Waals surface area (Å²) >= 11 is 0. The van der Waals surface area contributed by atoms with Crippen LogP contribution in [-0.2, 0) is 10.0 Å². The highest BCUT2D eigenvalue weighted by Crippen LogP contribution is 2.34. The zero-order chi connectivity index (χ0) is 16.7. The lowest BCUT2D eigenvalue weighted by atomic mass is 10.1. The smallest absolute Gasteiger partial charge is 0.292 e. The Kier molecular flexibility index (Phi) is 4.55. The van der Waals surface area contributed by atoms with Crippen LogP contribution in [0.15, 0.2) is 17.0 Å². The van der Waals surface area contributed by atoms with Crippen molar-refractivity contribution < 1.29 is 13.3 Å². The zero-order valence-corrected chi connectivity index (χ0v) is 14.0. The highest BCUT2D eigenvalue weighted by molar-refractivity contribution is 7.89. The summed E-state index contributed by atoms with van der Waals surface area (Å²) in [6.07, 6.45) is 0. The van der Waals surface area contributed by atoms with Crippen molar-refractivity contribution in [1.29, 1.82) is 0 Å². The van der Waals surface area contributed by atoms with Gasteiger partial charge < -0.3 is 5.32 Å². The molecule has 1 aromatic rings. The van der Waals surface area contributed by atoms with Crippen LogP contribution >= 0.6 is 0 Å². The second-order valence-corrected chi connectivity index (χ2v) is 7.56. The van der Waals surface area contributed by atoms with Gasteiger partial charge in [0.1, 0.15) is 0 Å². The third-order valence-electron chi connectivity index (χ3n) is 4.26. The van der Waals surface area contributed by atoms with Gasteiger partial charge in [-0.05, 0) is 33.3 Å². The second-order valence-electron chi connectivity index (χ2n) is 5.73. The highest BCUT2D eigenvalue weighted by Gasteiger charge is 2.39. The zero-order valence-electron chi connectivity index (χ0n) is 13.2. The van der Waals surface area contributed by atoms with E-state index in [-0.39, 0.29) is 22.7 Å². The van der Waals surface area contributed by atoms with Crippen molar-refractivity contribution in [3.05, 3.63) is 33.4 Å². The molecule has 0 spiro atoms. The molecule has 2 unspecified atom stereocenters. The average molecular weight is 327 g/mol. The van der Waals surface area contributed by atoms with Crippen molar-refractivity contribution in [2.75, 3.05) is 13.1 Å². The molecule has 1 aliphatic heterocycles. The first-order valence-corrected chi connectivity index (χ1v) is 8.61. The topological polar surface area (TPSA) is 92.6 Å². The molecule has 0 aromatic heterocycles. The first-order chi connectivity index (χ1) is 10.2. The summed E-state index contributed by atoms with van der Waals surface area (Å²) in [5.74, 6) is 0. The highest BCUT2D eigenvalue weighted by atomic mass is 32.2. The summed E-state index contributed by atoms with van der Waals surface area (Å²) in [4.78, 5) is 10.6. The van der Waals surface area contributed by atoms with Crippen LogP contribution in [0, 0.1) is 24.0 Å². The van der Waals surface area contributed by atoms with Crippen LogP contribution in [0.1, 0.15) is 25.0 Å². The third kappa shape index (κ3) is 2.73. The molecule has 1 aromatic carbocycles. The summed E-state index contributed by atoms with van der Waals surface area (Å²) in [5.41, 5.74) is 0.430. The minimum absolute atomic E-state index is 0.00676. The standard InChI is InChI=1S/C14H21N3O4S/c1-9-5-6-10(2)14(13(9)17(18)19)22(20,21)16-8-7-15-11(3)12(16)4/h5-6,11-12,15H,7-8H2,1-4H3. The number of hydrogen-bond donors (Lipinski definition) is 1. The summed E-state index contributed by atoms with van der Waals surface area (Å²) in [7, 11) is -3.92. The normalized spacial score (nSPS) is 23.5. The van der Waals surface area contributed by atoms with Gasteiger partial charge in [0, 0.05) is 30.7 Å². The van der Waals surface area contributed by atoms with E-state index in [9.17, 15) is 18.5 Å². The minimum atomic E-state index is -3.92. The Hall–Kier alpha value is -1.51. The van der Waals surface area contributed by atoms with Gasteiger partial charge in [-0.1, -0.05) is 12.1 Å². The fraction of sp³-hybridized carbons (Fsp3) is 0.571. The van der Waals surface area contributed by atoms with Crippen molar-refractivity contribution in [3.63, 3.8) is 0 Å². The number of nitrogens with one attached hydrogen (secondary N) is 1. The maximum absolute atomic E-state index is 13.0. The molecule has 1 saturated heterocycles. The summed E-state index contributed by atoms with van der Waals surface area (Å²) < 4.78 is 27.4. The lowest BCUT2D eigenvalue weighted by molar-refractivity contribution is -0.388. The van der Waals surface area contributed by atoms with Gasteiger partial charge in [-0.15, -0.1) is 0 Å². The predicted molar refractivity (Wildman–Crippen MR) is 83.4 cm³/mol. The van der Waals surface area contributed by atoms with Gasteiger partial charge in [0.15, 0.2) is 4.90 Å². The SMILES string of the molecule is Cc1ccc(C)c(S(=O)(=O)N2CCNC(C)C2C)c1[N+](=O)[O-]. The Balaban J connectivity index is 2.64. The Bertz CT molecular complexity index is 702. The van der Waals surface area contributed by atoms with Crippen molar-refractivity contribution in [2.45, 2.75) is 44.7 Å². The van der Waals surface area contributed by atoms with Crippen LogP contribution in [0.5, 0.6) is 0 Å². The Morgan fingerprint density at radius 3 is 2.45 bits per heavy atom. The third-order valence-corrected chi connectivity index (χ3v) is 6.42. The number of rotatable bonds is 3. The van der Waals surface area contributed by atoms with E-state index in [4.69, 9.17) is 0 Å². The fourth-order valence-electron chi connectivity index (χ4n) is 2.81. The van der Waals surface area contributed by atoms with E-state index in [1.165, 1.54) is 4.31 Å². The molecule has 0 radical (unpaired) electrons. The first kappa shape index (κ1) is 16.9. The number of hydrogen-bond acceptors (Lipinski definition) is 5. The van der Waals surface area contributed by atoms with Crippen LogP contribution in [-0.4, -0.2) is 42.8 Å². The van der Waals surface area contributed by atoms with Crippen LogP contribution < -0.4 is 5.32 Å². The number of nitro benzene ring substituents is 1. The number of benzene rings is 1. The van der Waals surface area contributed by atoms with Gasteiger partial charge in [0.05, 0.1) is 4.92 Å². The summed E-state index contributed by atoms with van der Waals surface area (Å²) in [6, 6.07) is 2.92. The van der Waals surface area contributed by atoms with Gasteiger partial charge >= 0.3 is 0 Å². The molecule has 1 aliphatic rings. The van der Waals surface area contributed by atoms with Crippen LogP contribution in [0.3, 0.4) is 0 Å². The number of nitrogens with zero attached hydrogens (tertiary/aromatic N) is 2. The van der Waals surface area contributed by atoms with E-state index in [2.05, 4.69) is 5.32 Å². The van der Waals surface area contributed by atoms with Gasteiger partial charge in [-0.25, -0.2) is 8.42 Å². The van der Waals surface area contributed by atoms with E-state index in [0.29, 0.717) is 24.2 Å². The second kappa shape index (κ2) is 5.94. The quantitative estimate of drug-likeness (QED) is 0.672. The molecule has 2 rings (SSSR count). The van der Waals surface area contributed by atoms with E-state index in [1.54, 1.807) is 26.0 Å². The molecular formula is C14H21N3O4S. The number of aryl methyl sites for hydroxylation is 2. The molecule has 0 aliphatic carbocycles. The first-order valence-electron chi connectivity index (χ1n) is 7.17. The monoisotopic (exact) mass is 327 g/mol. The van der Waals surface area contributed by atoms with E-state index in [0.717, 1.165) is 0 Å². The van der Waals surface area contributed by atoms with Crippen LogP contribution in [0.4, 0.5) is 5.69 Å². The van der Waals surface area contributed by atoms with E-state index in [1.807, 2.05) is 13.8 Å². The molecule has 122 valence electrons. The van der Waals surface area contributed by atoms with E-state index < -0.39 is 14.9 Å². The molecule has 22 heavy (non-hydrogen) atoms.